The average molecular weight is 425 g/mol. The molecule has 8 heteroatoms. The lowest BCUT2D eigenvalue weighted by Gasteiger charge is -2.17. The number of nitrogens with one attached hydrogen (secondary N) is 3. The number of carbonyl (C=O) groups excluding carboxylic acids is 1. The Morgan fingerprint density at radius 3 is 2.37 bits per heavy atom. The van der Waals surface area contributed by atoms with Crippen LogP contribution in [0.25, 0.3) is 10.9 Å². The maximum absolute atomic E-state index is 12.6. The minimum Gasteiger partial charge on any atom is -0.350 e. The molecule has 0 saturated carbocycles. The van der Waals surface area contributed by atoms with Crippen LogP contribution in [0.1, 0.15) is 35.1 Å². The lowest BCUT2D eigenvalue weighted by atomic mass is 9.99. The van der Waals surface area contributed by atoms with Crippen molar-refractivity contribution in [2.45, 2.75) is 38.5 Å². The van der Waals surface area contributed by atoms with E-state index in [0.29, 0.717) is 5.69 Å². The molecule has 0 bridgehead atoms. The van der Waals surface area contributed by atoms with Crippen LogP contribution in [0, 0.1) is 0 Å². The van der Waals surface area contributed by atoms with E-state index < -0.39 is 16.2 Å². The van der Waals surface area contributed by atoms with Crippen LogP contribution in [-0.2, 0) is 42.9 Å². The Kier molecular flexibility index (Phi) is 4.47. The number of fused-ring (bicyclic) bond motifs is 3. The summed E-state index contributed by atoms with van der Waals surface area (Å²) in [4.78, 5) is 12.6. The number of carbonyl (C=O) groups is 1. The number of nitrogens with zero attached hydrogens (tertiary/aromatic N) is 1. The molecule has 0 atom stereocenters. The molecule has 5 rings (SSSR count). The molecule has 0 saturated heterocycles. The van der Waals surface area contributed by atoms with Crippen LogP contribution < -0.4 is 14.8 Å². The third kappa shape index (κ3) is 3.41. The van der Waals surface area contributed by atoms with E-state index in [0.717, 1.165) is 66.2 Å². The third-order valence-electron chi connectivity index (χ3n) is 6.08. The van der Waals surface area contributed by atoms with Crippen molar-refractivity contribution in [1.82, 2.24) is 9.29 Å². The van der Waals surface area contributed by atoms with Crippen molar-refractivity contribution in [3.05, 3.63) is 58.8 Å². The number of amides is 2. The molecule has 1 heterocycles. The lowest BCUT2D eigenvalue weighted by Crippen LogP contribution is -2.38. The summed E-state index contributed by atoms with van der Waals surface area (Å²) in [6, 6.07) is 8.74. The lowest BCUT2D eigenvalue weighted by molar-refractivity contribution is 0.256. The number of aryl methyl sites for hydroxylation is 3. The fourth-order valence-corrected chi connectivity index (χ4v) is 5.52. The summed E-state index contributed by atoms with van der Waals surface area (Å²) in [5, 5.41) is 3.86. The highest BCUT2D eigenvalue weighted by atomic mass is 32.2. The van der Waals surface area contributed by atoms with Crippen molar-refractivity contribution in [3.8, 4) is 0 Å². The largest absolute Gasteiger partial charge is 0.350 e. The molecular formula is C22H24N4O3S. The maximum atomic E-state index is 12.6. The van der Waals surface area contributed by atoms with Crippen LogP contribution in [0.3, 0.4) is 0 Å². The molecule has 7 nitrogen and oxygen atoms in total. The topological polar surface area (TPSA) is 92.2 Å². The molecule has 0 radical (unpaired) electrons. The van der Waals surface area contributed by atoms with E-state index in [2.05, 4.69) is 20.8 Å². The summed E-state index contributed by atoms with van der Waals surface area (Å²) >= 11 is 0. The van der Waals surface area contributed by atoms with Gasteiger partial charge in [0.15, 0.2) is 0 Å². The molecule has 2 amide bonds. The first-order chi connectivity index (χ1) is 14.4. The number of rotatable bonds is 4. The number of urea groups is 1. The van der Waals surface area contributed by atoms with E-state index >= 15 is 0 Å². The Hall–Kier alpha value is -3.00. The molecule has 0 unspecified atom stereocenters. The molecule has 2 aliphatic carbocycles. The van der Waals surface area contributed by atoms with Crippen LogP contribution in [-0.4, -0.2) is 19.0 Å². The Morgan fingerprint density at radius 1 is 0.967 bits per heavy atom. The van der Waals surface area contributed by atoms with Crippen LogP contribution in [0.5, 0.6) is 0 Å². The van der Waals surface area contributed by atoms with Crippen LogP contribution >= 0.6 is 0 Å². The molecule has 0 spiro atoms. The van der Waals surface area contributed by atoms with Gasteiger partial charge in [0.1, 0.15) is 0 Å². The second-order valence-electron chi connectivity index (χ2n) is 8.10. The molecule has 3 N–H and O–H groups in total. The van der Waals surface area contributed by atoms with Gasteiger partial charge in [-0.3, -0.25) is 4.72 Å². The zero-order valence-electron chi connectivity index (χ0n) is 16.8. The van der Waals surface area contributed by atoms with Gasteiger partial charge in [-0.05, 0) is 84.4 Å². The first-order valence-corrected chi connectivity index (χ1v) is 11.7. The molecule has 3 aromatic rings. The van der Waals surface area contributed by atoms with Gasteiger partial charge in [-0.1, -0.05) is 12.1 Å². The van der Waals surface area contributed by atoms with Gasteiger partial charge >= 0.3 is 16.2 Å². The van der Waals surface area contributed by atoms with Gasteiger partial charge in [0, 0.05) is 24.4 Å². The van der Waals surface area contributed by atoms with E-state index in [1.165, 1.54) is 11.1 Å². The second kappa shape index (κ2) is 7.05. The highest BCUT2D eigenvalue weighted by Gasteiger charge is 2.26. The highest BCUT2D eigenvalue weighted by molar-refractivity contribution is 7.91. The molecule has 0 fully saturated rings. The molecule has 2 aliphatic rings. The smallest absolute Gasteiger partial charge is 0.334 e. The normalized spacial score (nSPS) is 15.1. The summed E-state index contributed by atoms with van der Waals surface area (Å²) in [6.07, 6.45) is 7.90. The summed E-state index contributed by atoms with van der Waals surface area (Å²) in [7, 11) is -2.18. The first-order valence-electron chi connectivity index (χ1n) is 10.2. The minimum absolute atomic E-state index is 0.395. The number of aromatic nitrogens is 1. The van der Waals surface area contributed by atoms with Crippen molar-refractivity contribution in [3.63, 3.8) is 0 Å². The van der Waals surface area contributed by atoms with E-state index in [1.807, 2.05) is 29.9 Å². The summed E-state index contributed by atoms with van der Waals surface area (Å²) in [6.45, 7) is 0. The predicted molar refractivity (Wildman–Crippen MR) is 118 cm³/mol. The maximum Gasteiger partial charge on any atom is 0.334 e. The van der Waals surface area contributed by atoms with Crippen LogP contribution in [0.2, 0.25) is 0 Å². The molecule has 0 aliphatic heterocycles. The summed E-state index contributed by atoms with van der Waals surface area (Å²) < 4.78 is 31.5. The standard InChI is InChI=1S/C22H24N4O3S/c1-26-11-10-14-8-9-17(13-20(14)26)24-30(28,29)25-22(27)23-21-18-6-2-4-15(18)12-16-5-3-7-19(16)21/h8-13,24H,2-7H2,1H3,(H2,23,25,27). The Morgan fingerprint density at radius 2 is 1.67 bits per heavy atom. The van der Waals surface area contributed by atoms with Gasteiger partial charge < -0.3 is 9.88 Å². The quantitative estimate of drug-likeness (QED) is 0.597. The first kappa shape index (κ1) is 19.0. The van der Waals surface area contributed by atoms with Gasteiger partial charge in [0.05, 0.1) is 5.69 Å². The van der Waals surface area contributed by atoms with E-state index in [9.17, 15) is 13.2 Å². The van der Waals surface area contributed by atoms with Gasteiger partial charge in [0.2, 0.25) is 0 Å². The summed E-state index contributed by atoms with van der Waals surface area (Å²) in [5.74, 6) is 0. The SMILES string of the molecule is Cn1ccc2ccc(NS(=O)(=O)NC(=O)Nc3c4c(cc5c3CCC5)CCC4)cc21. The van der Waals surface area contributed by atoms with Crippen molar-refractivity contribution in [2.75, 3.05) is 10.0 Å². The van der Waals surface area contributed by atoms with Gasteiger partial charge in [-0.25, -0.2) is 9.52 Å². The molecular weight excluding hydrogens is 400 g/mol. The third-order valence-corrected chi connectivity index (χ3v) is 7.04. The Balaban J connectivity index is 1.34. The van der Waals surface area contributed by atoms with Gasteiger partial charge in [-0.15, -0.1) is 0 Å². The van der Waals surface area contributed by atoms with Crippen molar-refractivity contribution in [1.29, 1.82) is 0 Å². The molecule has 30 heavy (non-hydrogen) atoms. The number of benzene rings is 2. The minimum atomic E-state index is -4.07. The number of hydrogen-bond donors (Lipinski definition) is 3. The van der Waals surface area contributed by atoms with Crippen molar-refractivity contribution < 1.29 is 13.2 Å². The second-order valence-corrected chi connectivity index (χ2v) is 9.51. The average Bonchev–Trinajstić information content (AvgIpc) is 3.41. The fourth-order valence-electron chi connectivity index (χ4n) is 4.73. The number of anilines is 2. The zero-order chi connectivity index (χ0) is 20.9. The zero-order valence-corrected chi connectivity index (χ0v) is 17.6. The van der Waals surface area contributed by atoms with Gasteiger partial charge in [0.25, 0.3) is 0 Å². The van der Waals surface area contributed by atoms with Crippen molar-refractivity contribution >= 4 is 38.5 Å². The fraction of sp³-hybridized carbons (Fsp3) is 0.318. The molecule has 2 aromatic carbocycles. The highest BCUT2D eigenvalue weighted by Crippen LogP contribution is 2.38. The van der Waals surface area contributed by atoms with Crippen LogP contribution in [0.15, 0.2) is 36.5 Å². The van der Waals surface area contributed by atoms with Crippen molar-refractivity contribution in [2.24, 2.45) is 7.05 Å². The Labute approximate surface area is 175 Å². The van der Waals surface area contributed by atoms with E-state index in [4.69, 9.17) is 0 Å². The monoisotopic (exact) mass is 424 g/mol. The predicted octanol–water partition coefficient (Wildman–Crippen LogP) is 3.63. The van der Waals surface area contributed by atoms with E-state index in [-0.39, 0.29) is 0 Å². The number of hydrogen-bond acceptors (Lipinski definition) is 3. The Bertz CT molecular complexity index is 1250. The summed E-state index contributed by atoms with van der Waals surface area (Å²) in [5.41, 5.74) is 6.98. The van der Waals surface area contributed by atoms with Gasteiger partial charge in [-0.2, -0.15) is 8.42 Å². The molecule has 1 aromatic heterocycles. The van der Waals surface area contributed by atoms with E-state index in [1.54, 1.807) is 12.1 Å². The molecule has 156 valence electrons. The van der Waals surface area contributed by atoms with Crippen LogP contribution in [0.4, 0.5) is 16.2 Å².